The fraction of sp³-hybridized carbons (Fsp3) is 0.526. The van der Waals surface area contributed by atoms with E-state index in [1.165, 1.54) is 0 Å². The molecule has 1 amide bonds. The highest BCUT2D eigenvalue weighted by atomic mass is 16.5. The number of piperidine rings is 1. The van der Waals surface area contributed by atoms with Crippen molar-refractivity contribution in [3.05, 3.63) is 35.7 Å². The molecule has 1 aliphatic rings. The molecule has 26 heavy (non-hydrogen) atoms. The van der Waals surface area contributed by atoms with E-state index in [-0.39, 0.29) is 11.8 Å². The van der Waals surface area contributed by atoms with Gasteiger partial charge in [-0.05, 0) is 50.0 Å². The highest BCUT2D eigenvalue weighted by Crippen LogP contribution is 2.23. The number of ether oxygens (including phenoxy) is 1. The van der Waals surface area contributed by atoms with Crippen molar-refractivity contribution in [3.63, 3.8) is 0 Å². The first kappa shape index (κ1) is 18.4. The maximum absolute atomic E-state index is 12.6. The van der Waals surface area contributed by atoms with Gasteiger partial charge in [-0.25, -0.2) is 4.68 Å². The lowest BCUT2D eigenvalue weighted by atomic mass is 9.98. The molecule has 0 spiro atoms. The number of hydrogen-bond acceptors (Lipinski definition) is 5. The van der Waals surface area contributed by atoms with Crippen LogP contribution in [0.1, 0.15) is 37.1 Å². The van der Waals surface area contributed by atoms with Gasteiger partial charge in [-0.15, -0.1) is 0 Å². The van der Waals surface area contributed by atoms with Crippen LogP contribution in [0.25, 0.3) is 0 Å². The minimum Gasteiger partial charge on any atom is -0.497 e. The minimum absolute atomic E-state index is 0.0480. The van der Waals surface area contributed by atoms with Crippen molar-refractivity contribution in [2.24, 2.45) is 13.0 Å². The number of nitrogens with zero attached hydrogens (tertiary/aromatic N) is 3. The van der Waals surface area contributed by atoms with Crippen LogP contribution in [0.15, 0.2) is 24.3 Å². The molecule has 3 rings (SSSR count). The van der Waals surface area contributed by atoms with Crippen LogP contribution in [0.5, 0.6) is 5.75 Å². The molecular formula is C19H27N5O2. The Labute approximate surface area is 154 Å². The topological polar surface area (TPSA) is 81.1 Å². The molecular weight excluding hydrogens is 330 g/mol. The SMILES string of the molecule is COc1ccc(CC(C)C(=O)Nc2nc(C3CCNCC3)nn2C)cc1. The summed E-state index contributed by atoms with van der Waals surface area (Å²) in [6.45, 7) is 3.90. The standard InChI is InChI=1S/C19H27N5O2/c1-13(12-14-4-6-16(26-3)7-5-14)18(25)22-19-21-17(23-24(19)2)15-8-10-20-11-9-15/h4-7,13,15,20H,8-12H2,1-3H3,(H,21,22,23,25). The van der Waals surface area contributed by atoms with Gasteiger partial charge in [-0.3, -0.25) is 10.1 Å². The summed E-state index contributed by atoms with van der Waals surface area (Å²) in [6.07, 6.45) is 2.73. The third-order valence-electron chi connectivity index (χ3n) is 4.87. The lowest BCUT2D eigenvalue weighted by Gasteiger charge is -2.19. The minimum atomic E-state index is -0.164. The normalized spacial score (nSPS) is 16.3. The Balaban J connectivity index is 1.60. The van der Waals surface area contributed by atoms with Gasteiger partial charge in [0.15, 0.2) is 5.82 Å². The van der Waals surface area contributed by atoms with Gasteiger partial charge in [0.05, 0.1) is 7.11 Å². The Bertz CT molecular complexity index is 735. The molecule has 1 aromatic heterocycles. The fourth-order valence-corrected chi connectivity index (χ4v) is 3.21. The quantitative estimate of drug-likeness (QED) is 0.828. The van der Waals surface area contributed by atoms with Gasteiger partial charge >= 0.3 is 0 Å². The predicted octanol–water partition coefficient (Wildman–Crippen LogP) is 2.11. The molecule has 1 fully saturated rings. The molecule has 2 N–H and O–H groups in total. The third kappa shape index (κ3) is 4.40. The molecule has 2 heterocycles. The van der Waals surface area contributed by atoms with E-state index in [1.54, 1.807) is 11.8 Å². The molecule has 1 unspecified atom stereocenters. The molecule has 1 aromatic carbocycles. The van der Waals surface area contributed by atoms with Gasteiger partial charge < -0.3 is 10.1 Å². The first-order valence-electron chi connectivity index (χ1n) is 9.12. The Morgan fingerprint density at radius 2 is 2.04 bits per heavy atom. The van der Waals surface area contributed by atoms with Crippen molar-refractivity contribution in [2.75, 3.05) is 25.5 Å². The third-order valence-corrected chi connectivity index (χ3v) is 4.87. The molecule has 0 saturated carbocycles. The number of amides is 1. The Kier molecular flexibility index (Phi) is 5.88. The summed E-state index contributed by atoms with van der Waals surface area (Å²) in [7, 11) is 3.46. The van der Waals surface area contributed by atoms with Crippen LogP contribution in [0.2, 0.25) is 0 Å². The van der Waals surface area contributed by atoms with Crippen LogP contribution in [-0.4, -0.2) is 40.9 Å². The van der Waals surface area contributed by atoms with E-state index in [1.807, 2.05) is 38.2 Å². The smallest absolute Gasteiger partial charge is 0.229 e. The van der Waals surface area contributed by atoms with Crippen LogP contribution in [0, 0.1) is 5.92 Å². The van der Waals surface area contributed by atoms with Gasteiger partial charge in [0, 0.05) is 18.9 Å². The van der Waals surface area contributed by atoms with E-state index in [0.717, 1.165) is 43.1 Å². The van der Waals surface area contributed by atoms with Gasteiger partial charge in [0.2, 0.25) is 11.9 Å². The number of carbonyl (C=O) groups excluding carboxylic acids is 1. The van der Waals surface area contributed by atoms with Gasteiger partial charge in [-0.2, -0.15) is 10.1 Å². The number of methoxy groups -OCH3 is 1. The summed E-state index contributed by atoms with van der Waals surface area (Å²) < 4.78 is 6.83. The highest BCUT2D eigenvalue weighted by Gasteiger charge is 2.22. The van der Waals surface area contributed by atoms with E-state index in [9.17, 15) is 4.79 Å². The Morgan fingerprint density at radius 1 is 1.35 bits per heavy atom. The van der Waals surface area contributed by atoms with Gasteiger partial charge in [-0.1, -0.05) is 19.1 Å². The van der Waals surface area contributed by atoms with Crippen molar-refractivity contribution in [1.82, 2.24) is 20.1 Å². The number of carbonyl (C=O) groups is 1. The molecule has 1 saturated heterocycles. The van der Waals surface area contributed by atoms with E-state index >= 15 is 0 Å². The molecule has 1 atom stereocenters. The van der Waals surface area contributed by atoms with Crippen LogP contribution in [-0.2, 0) is 18.3 Å². The Morgan fingerprint density at radius 3 is 2.69 bits per heavy atom. The average molecular weight is 357 g/mol. The molecule has 140 valence electrons. The average Bonchev–Trinajstić information content (AvgIpc) is 3.03. The number of rotatable bonds is 6. The number of aromatic nitrogens is 3. The number of aryl methyl sites for hydroxylation is 1. The zero-order valence-corrected chi connectivity index (χ0v) is 15.7. The second-order valence-corrected chi connectivity index (χ2v) is 6.88. The van der Waals surface area contributed by atoms with Crippen LogP contribution in [0.3, 0.4) is 0 Å². The van der Waals surface area contributed by atoms with E-state index in [2.05, 4.69) is 20.7 Å². The molecule has 0 bridgehead atoms. The summed E-state index contributed by atoms with van der Waals surface area (Å²) in [5.74, 6) is 2.31. The van der Waals surface area contributed by atoms with E-state index in [4.69, 9.17) is 4.74 Å². The van der Waals surface area contributed by atoms with Crippen molar-refractivity contribution in [2.45, 2.75) is 32.1 Å². The molecule has 0 aliphatic carbocycles. The molecule has 7 nitrogen and oxygen atoms in total. The predicted molar refractivity (Wildman–Crippen MR) is 100 cm³/mol. The first-order chi connectivity index (χ1) is 12.6. The zero-order valence-electron chi connectivity index (χ0n) is 15.7. The summed E-state index contributed by atoms with van der Waals surface area (Å²) in [5.41, 5.74) is 1.10. The van der Waals surface area contributed by atoms with Crippen molar-refractivity contribution >= 4 is 11.9 Å². The van der Waals surface area contributed by atoms with Crippen LogP contribution < -0.4 is 15.4 Å². The van der Waals surface area contributed by atoms with Gasteiger partial charge in [0.1, 0.15) is 5.75 Å². The monoisotopic (exact) mass is 357 g/mol. The van der Waals surface area contributed by atoms with Gasteiger partial charge in [0.25, 0.3) is 0 Å². The summed E-state index contributed by atoms with van der Waals surface area (Å²) in [4.78, 5) is 17.1. The van der Waals surface area contributed by atoms with Crippen molar-refractivity contribution in [1.29, 1.82) is 0 Å². The lowest BCUT2D eigenvalue weighted by molar-refractivity contribution is -0.119. The molecule has 2 aromatic rings. The van der Waals surface area contributed by atoms with E-state index < -0.39 is 0 Å². The second kappa shape index (κ2) is 8.31. The van der Waals surface area contributed by atoms with Crippen LogP contribution >= 0.6 is 0 Å². The fourth-order valence-electron chi connectivity index (χ4n) is 3.21. The van der Waals surface area contributed by atoms with E-state index in [0.29, 0.717) is 18.3 Å². The van der Waals surface area contributed by atoms with Crippen LogP contribution in [0.4, 0.5) is 5.95 Å². The summed E-state index contributed by atoms with van der Waals surface area (Å²) in [5, 5.41) is 10.8. The summed E-state index contributed by atoms with van der Waals surface area (Å²) >= 11 is 0. The maximum Gasteiger partial charge on any atom is 0.229 e. The largest absolute Gasteiger partial charge is 0.497 e. The molecule has 1 aliphatic heterocycles. The Hall–Kier alpha value is -2.41. The second-order valence-electron chi connectivity index (χ2n) is 6.88. The zero-order chi connectivity index (χ0) is 18.5. The maximum atomic E-state index is 12.6. The lowest BCUT2D eigenvalue weighted by Crippen LogP contribution is -2.27. The number of nitrogens with one attached hydrogen (secondary N) is 2. The first-order valence-corrected chi connectivity index (χ1v) is 9.12. The molecule has 0 radical (unpaired) electrons. The van der Waals surface area contributed by atoms with Crippen molar-refractivity contribution in [3.8, 4) is 5.75 Å². The summed E-state index contributed by atoms with van der Waals surface area (Å²) in [6, 6.07) is 7.79. The number of hydrogen-bond donors (Lipinski definition) is 2. The number of benzene rings is 1. The molecule has 7 heteroatoms. The highest BCUT2D eigenvalue weighted by molar-refractivity contribution is 5.90. The van der Waals surface area contributed by atoms with Crippen molar-refractivity contribution < 1.29 is 9.53 Å². The number of anilines is 1.